The number of fused-ring (bicyclic) bond motifs is 1. The van der Waals surface area contributed by atoms with Crippen LogP contribution in [0.1, 0.15) is 18.7 Å². The number of aryl methyl sites for hydroxylation is 1. The van der Waals surface area contributed by atoms with Gasteiger partial charge in [-0.15, -0.1) is 11.3 Å². The van der Waals surface area contributed by atoms with E-state index < -0.39 is 5.54 Å². The number of amides is 1. The van der Waals surface area contributed by atoms with E-state index in [1.807, 2.05) is 32.7 Å². The van der Waals surface area contributed by atoms with E-state index in [-0.39, 0.29) is 11.2 Å². The van der Waals surface area contributed by atoms with Crippen molar-refractivity contribution in [1.29, 1.82) is 0 Å². The van der Waals surface area contributed by atoms with Crippen molar-refractivity contribution in [1.82, 2.24) is 14.9 Å². The van der Waals surface area contributed by atoms with Crippen molar-refractivity contribution in [3.8, 4) is 0 Å². The first-order valence-corrected chi connectivity index (χ1v) is 7.97. The second-order valence-corrected chi connectivity index (χ2v) is 7.40. The highest BCUT2D eigenvalue weighted by atomic mass is 35.5. The van der Waals surface area contributed by atoms with Crippen LogP contribution in [-0.2, 0) is 4.79 Å². The van der Waals surface area contributed by atoms with Gasteiger partial charge in [-0.25, -0.2) is 4.98 Å². The van der Waals surface area contributed by atoms with E-state index in [4.69, 9.17) is 11.6 Å². The van der Waals surface area contributed by atoms with Crippen molar-refractivity contribution in [3.05, 3.63) is 16.2 Å². The van der Waals surface area contributed by atoms with Crippen LogP contribution in [0.2, 0.25) is 5.28 Å². The second kappa shape index (κ2) is 4.81. The Balaban J connectivity index is 2.17. The predicted molar refractivity (Wildman–Crippen MR) is 86.2 cm³/mol. The molecule has 1 amide bonds. The third kappa shape index (κ3) is 2.26. The van der Waals surface area contributed by atoms with Gasteiger partial charge in [-0.1, -0.05) is 0 Å². The number of piperazine rings is 1. The number of aromatic nitrogens is 2. The van der Waals surface area contributed by atoms with Crippen LogP contribution < -0.4 is 4.90 Å². The number of hydrogen-bond acceptors (Lipinski definition) is 5. The first kappa shape index (κ1) is 14.5. The van der Waals surface area contributed by atoms with Crippen molar-refractivity contribution in [2.75, 3.05) is 25.0 Å². The number of rotatable bonds is 1. The summed E-state index contributed by atoms with van der Waals surface area (Å²) >= 11 is 7.66. The molecule has 112 valence electrons. The molecule has 0 unspecified atom stereocenters. The summed E-state index contributed by atoms with van der Waals surface area (Å²) in [5.74, 6) is 0.837. The third-order valence-corrected chi connectivity index (χ3v) is 5.04. The van der Waals surface area contributed by atoms with E-state index in [1.54, 1.807) is 16.2 Å². The first-order chi connectivity index (χ1) is 9.80. The minimum Gasteiger partial charge on any atom is -0.342 e. The number of anilines is 1. The summed E-state index contributed by atoms with van der Waals surface area (Å²) in [5, 5.41) is 1.19. The molecule has 21 heavy (non-hydrogen) atoms. The van der Waals surface area contributed by atoms with Crippen LogP contribution in [0, 0.1) is 6.92 Å². The molecule has 1 fully saturated rings. The summed E-state index contributed by atoms with van der Waals surface area (Å²) in [6.45, 7) is 7.28. The molecule has 3 rings (SSSR count). The summed E-state index contributed by atoms with van der Waals surface area (Å²) in [5.41, 5.74) is -0.645. The molecule has 2 aromatic rings. The lowest BCUT2D eigenvalue weighted by molar-refractivity contribution is -0.136. The van der Waals surface area contributed by atoms with E-state index >= 15 is 0 Å². The summed E-state index contributed by atoms with van der Waals surface area (Å²) in [6, 6.07) is 2.06. The monoisotopic (exact) mass is 324 g/mol. The maximum absolute atomic E-state index is 12.5. The van der Waals surface area contributed by atoms with Crippen LogP contribution in [-0.4, -0.2) is 46.5 Å². The van der Waals surface area contributed by atoms with Crippen molar-refractivity contribution >= 4 is 44.9 Å². The Morgan fingerprint density at radius 2 is 2.05 bits per heavy atom. The first-order valence-electron chi connectivity index (χ1n) is 6.77. The Labute approximate surface area is 132 Å². The number of hydrogen-bond donors (Lipinski definition) is 0. The highest BCUT2D eigenvalue weighted by Gasteiger charge is 2.42. The van der Waals surface area contributed by atoms with Gasteiger partial charge < -0.3 is 9.80 Å². The number of nitrogens with zero attached hydrogens (tertiary/aromatic N) is 4. The van der Waals surface area contributed by atoms with Gasteiger partial charge in [-0.2, -0.15) is 4.98 Å². The average Bonchev–Trinajstić information content (AvgIpc) is 2.76. The molecule has 3 heterocycles. The number of likely N-dealkylation sites (N-methyl/N-ethyl adjacent to an activating group) is 1. The van der Waals surface area contributed by atoms with Crippen LogP contribution in [0.5, 0.6) is 0 Å². The molecule has 0 aromatic carbocycles. The molecule has 2 aromatic heterocycles. The Morgan fingerprint density at radius 3 is 2.76 bits per heavy atom. The molecule has 1 aliphatic heterocycles. The van der Waals surface area contributed by atoms with E-state index in [1.165, 1.54) is 0 Å². The molecular weight excluding hydrogens is 308 g/mol. The molecule has 0 radical (unpaired) electrons. The molecule has 0 aliphatic carbocycles. The zero-order valence-corrected chi connectivity index (χ0v) is 14.0. The van der Waals surface area contributed by atoms with E-state index in [2.05, 4.69) is 16.0 Å². The average molecular weight is 325 g/mol. The highest BCUT2D eigenvalue weighted by molar-refractivity contribution is 7.18. The van der Waals surface area contributed by atoms with E-state index in [9.17, 15) is 4.79 Å². The Hall–Kier alpha value is -1.40. The maximum atomic E-state index is 12.5. The maximum Gasteiger partial charge on any atom is 0.247 e. The van der Waals surface area contributed by atoms with Gasteiger partial charge in [0, 0.05) is 25.0 Å². The van der Waals surface area contributed by atoms with Gasteiger partial charge >= 0.3 is 0 Å². The van der Waals surface area contributed by atoms with Crippen molar-refractivity contribution in [2.45, 2.75) is 26.3 Å². The fourth-order valence-electron chi connectivity index (χ4n) is 2.79. The summed E-state index contributed by atoms with van der Waals surface area (Å²) < 4.78 is 0. The fraction of sp³-hybridized carbons (Fsp3) is 0.500. The van der Waals surface area contributed by atoms with Crippen LogP contribution in [0.15, 0.2) is 6.07 Å². The third-order valence-electron chi connectivity index (χ3n) is 3.93. The minimum atomic E-state index is -0.645. The van der Waals surface area contributed by atoms with Gasteiger partial charge in [-0.05, 0) is 38.4 Å². The molecule has 0 N–H and O–H groups in total. The normalized spacial score (nSPS) is 18.6. The van der Waals surface area contributed by atoms with Gasteiger partial charge in [-0.3, -0.25) is 4.79 Å². The molecule has 0 spiro atoms. The fourth-order valence-corrected chi connectivity index (χ4v) is 3.88. The van der Waals surface area contributed by atoms with Crippen LogP contribution >= 0.6 is 22.9 Å². The molecule has 0 atom stereocenters. The Bertz CT molecular complexity index is 727. The summed E-state index contributed by atoms with van der Waals surface area (Å²) in [7, 11) is 1.83. The second-order valence-electron chi connectivity index (χ2n) is 5.83. The molecular formula is C14H17ClN4OS. The lowest BCUT2D eigenvalue weighted by Crippen LogP contribution is -2.62. The molecule has 5 nitrogen and oxygen atoms in total. The number of carbonyl (C=O) groups excluding carboxylic acids is 1. The van der Waals surface area contributed by atoms with E-state index in [0.717, 1.165) is 27.5 Å². The largest absolute Gasteiger partial charge is 0.342 e. The van der Waals surface area contributed by atoms with E-state index in [0.29, 0.717) is 6.54 Å². The minimum absolute atomic E-state index is 0.0867. The van der Waals surface area contributed by atoms with Crippen molar-refractivity contribution in [2.24, 2.45) is 0 Å². The quantitative estimate of drug-likeness (QED) is 0.757. The topological polar surface area (TPSA) is 49.3 Å². The highest BCUT2D eigenvalue weighted by Crippen LogP contribution is 2.36. The summed E-state index contributed by atoms with van der Waals surface area (Å²) in [4.78, 5) is 27.0. The van der Waals surface area contributed by atoms with Crippen LogP contribution in [0.3, 0.4) is 0 Å². The molecule has 0 saturated carbocycles. The lowest BCUT2D eigenvalue weighted by atomic mass is 9.97. The summed E-state index contributed by atoms with van der Waals surface area (Å²) in [6.07, 6.45) is 0. The number of carbonyl (C=O) groups is 1. The standard InChI is InChI=1S/C14H17ClN4OS/c1-8-7-9-10(16-13(15)17-11(9)21-8)19-6-5-18(4)12(20)14(19,2)3/h7H,5-6H2,1-4H3. The van der Waals surface area contributed by atoms with Gasteiger partial charge in [0.2, 0.25) is 11.2 Å². The zero-order chi connectivity index (χ0) is 15.4. The lowest BCUT2D eigenvalue weighted by Gasteiger charge is -2.45. The van der Waals surface area contributed by atoms with Gasteiger partial charge in [0.15, 0.2) is 0 Å². The number of halogens is 1. The van der Waals surface area contributed by atoms with Crippen LogP contribution in [0.25, 0.3) is 10.2 Å². The molecule has 0 bridgehead atoms. The van der Waals surface area contributed by atoms with Gasteiger partial charge in [0.25, 0.3) is 0 Å². The zero-order valence-electron chi connectivity index (χ0n) is 12.5. The number of thiophene rings is 1. The Kier molecular flexibility index (Phi) is 3.33. The van der Waals surface area contributed by atoms with Crippen molar-refractivity contribution < 1.29 is 4.79 Å². The molecule has 1 saturated heterocycles. The van der Waals surface area contributed by atoms with Gasteiger partial charge in [0.1, 0.15) is 16.2 Å². The van der Waals surface area contributed by atoms with Crippen molar-refractivity contribution in [3.63, 3.8) is 0 Å². The van der Waals surface area contributed by atoms with Crippen LogP contribution in [0.4, 0.5) is 5.82 Å². The smallest absolute Gasteiger partial charge is 0.247 e. The SMILES string of the molecule is Cc1cc2c(N3CCN(C)C(=O)C3(C)C)nc(Cl)nc2s1. The molecule has 7 heteroatoms. The predicted octanol–water partition coefficient (Wildman–Crippen LogP) is 2.71. The molecule has 1 aliphatic rings. The van der Waals surface area contributed by atoms with Gasteiger partial charge in [0.05, 0.1) is 5.39 Å². The Morgan fingerprint density at radius 1 is 1.33 bits per heavy atom.